The fraction of sp³-hybridized carbons (Fsp3) is 0.500. The highest BCUT2D eigenvalue weighted by Gasteiger charge is 2.15. The quantitative estimate of drug-likeness (QED) is 0.872. The number of benzene rings is 1. The van der Waals surface area contributed by atoms with Crippen LogP contribution in [-0.4, -0.2) is 12.6 Å². The molecule has 0 amide bonds. The molecule has 1 aromatic rings. The highest BCUT2D eigenvalue weighted by Crippen LogP contribution is 2.24. The minimum Gasteiger partial charge on any atom is -0.366 e. The number of halogens is 1. The predicted molar refractivity (Wildman–Crippen MR) is 71.7 cm³/mol. The Kier molecular flexibility index (Phi) is 5.11. The first kappa shape index (κ1) is 14.5. The minimum absolute atomic E-state index is 0.147. The Hall–Kier alpha value is -1.60. The second kappa shape index (κ2) is 6.36. The molecule has 1 atom stereocenters. The van der Waals surface area contributed by atoms with Gasteiger partial charge in [0.25, 0.3) is 0 Å². The van der Waals surface area contributed by atoms with Gasteiger partial charge in [-0.15, -0.1) is 0 Å². The monoisotopic (exact) mass is 249 g/mol. The average Bonchev–Trinajstić information content (AvgIpc) is 2.30. The van der Waals surface area contributed by atoms with E-state index in [4.69, 9.17) is 11.0 Å². The van der Waals surface area contributed by atoms with Crippen LogP contribution in [0.1, 0.15) is 38.8 Å². The van der Waals surface area contributed by atoms with Gasteiger partial charge in [0.15, 0.2) is 0 Å². The smallest absolute Gasteiger partial charge is 0.146 e. The lowest BCUT2D eigenvalue weighted by atomic mass is 10.1. The molecule has 1 aromatic carbocycles. The molecular weight excluding hydrogens is 229 g/mol. The molecule has 3 nitrogen and oxygen atoms in total. The molecule has 0 saturated heterocycles. The van der Waals surface area contributed by atoms with Gasteiger partial charge in [-0.2, -0.15) is 5.26 Å². The fourth-order valence-electron chi connectivity index (χ4n) is 1.87. The Balaban J connectivity index is 3.02. The molecule has 0 aliphatic carbocycles. The van der Waals surface area contributed by atoms with E-state index in [0.717, 1.165) is 5.56 Å². The Morgan fingerprint density at radius 3 is 2.50 bits per heavy atom. The summed E-state index contributed by atoms with van der Waals surface area (Å²) in [7, 11) is 0. The van der Waals surface area contributed by atoms with Gasteiger partial charge in [-0.05, 0) is 38.5 Å². The summed E-state index contributed by atoms with van der Waals surface area (Å²) in [4.78, 5) is 1.89. The van der Waals surface area contributed by atoms with Crippen LogP contribution in [0.25, 0.3) is 0 Å². The lowest BCUT2D eigenvalue weighted by molar-refractivity contribution is 0.597. The summed E-state index contributed by atoms with van der Waals surface area (Å²) < 4.78 is 14.1. The normalized spacial score (nSPS) is 12.3. The van der Waals surface area contributed by atoms with E-state index in [-0.39, 0.29) is 17.9 Å². The van der Waals surface area contributed by atoms with Crippen molar-refractivity contribution in [3.05, 3.63) is 29.6 Å². The average molecular weight is 249 g/mol. The van der Waals surface area contributed by atoms with Crippen molar-refractivity contribution in [1.29, 1.82) is 5.26 Å². The van der Waals surface area contributed by atoms with Crippen molar-refractivity contribution in [3.8, 4) is 6.07 Å². The summed E-state index contributed by atoms with van der Waals surface area (Å²) in [5.74, 6) is -0.281. The highest BCUT2D eigenvalue weighted by atomic mass is 19.1. The van der Waals surface area contributed by atoms with Crippen molar-refractivity contribution in [2.45, 2.75) is 39.3 Å². The lowest BCUT2D eigenvalue weighted by Gasteiger charge is -2.28. The van der Waals surface area contributed by atoms with Gasteiger partial charge in [-0.1, -0.05) is 6.07 Å². The van der Waals surface area contributed by atoms with E-state index in [1.807, 2.05) is 31.7 Å². The van der Waals surface area contributed by atoms with Gasteiger partial charge in [0, 0.05) is 18.6 Å². The number of nitrogens with two attached hydrogens (primary N) is 1. The van der Waals surface area contributed by atoms with Crippen LogP contribution in [0.5, 0.6) is 0 Å². The van der Waals surface area contributed by atoms with Crippen molar-refractivity contribution >= 4 is 5.69 Å². The maximum absolute atomic E-state index is 14.1. The molecule has 0 bridgehead atoms. The van der Waals surface area contributed by atoms with E-state index in [0.29, 0.717) is 18.7 Å². The van der Waals surface area contributed by atoms with E-state index < -0.39 is 0 Å². The first-order chi connectivity index (χ1) is 8.47. The van der Waals surface area contributed by atoms with E-state index >= 15 is 0 Å². The molecule has 0 aromatic heterocycles. The van der Waals surface area contributed by atoms with Crippen molar-refractivity contribution in [3.63, 3.8) is 0 Å². The van der Waals surface area contributed by atoms with Crippen LogP contribution in [-0.2, 0) is 0 Å². The first-order valence-corrected chi connectivity index (χ1v) is 6.16. The number of anilines is 1. The number of nitrogens with zero attached hydrogens (tertiary/aromatic N) is 2. The van der Waals surface area contributed by atoms with E-state index in [1.165, 1.54) is 6.07 Å². The Labute approximate surface area is 108 Å². The largest absolute Gasteiger partial charge is 0.366 e. The zero-order valence-corrected chi connectivity index (χ0v) is 11.2. The number of hydrogen-bond acceptors (Lipinski definition) is 3. The Bertz CT molecular complexity index is 435. The van der Waals surface area contributed by atoms with Gasteiger partial charge in [-0.25, -0.2) is 4.39 Å². The van der Waals surface area contributed by atoms with Gasteiger partial charge in [0.1, 0.15) is 5.82 Å². The summed E-state index contributed by atoms with van der Waals surface area (Å²) in [6.45, 7) is 6.32. The van der Waals surface area contributed by atoms with Gasteiger partial charge in [0.2, 0.25) is 0 Å². The van der Waals surface area contributed by atoms with Crippen LogP contribution in [0.4, 0.5) is 10.1 Å². The molecule has 0 aliphatic rings. The van der Waals surface area contributed by atoms with Crippen LogP contribution in [0.15, 0.2) is 18.2 Å². The molecule has 4 heteroatoms. The molecule has 1 rings (SSSR count). The molecule has 1 unspecified atom stereocenters. The number of rotatable bonds is 5. The molecule has 0 saturated carbocycles. The van der Waals surface area contributed by atoms with Crippen molar-refractivity contribution in [2.24, 2.45) is 5.73 Å². The third kappa shape index (κ3) is 3.44. The molecule has 2 N–H and O–H groups in total. The second-order valence-corrected chi connectivity index (χ2v) is 4.69. The second-order valence-electron chi connectivity index (χ2n) is 4.69. The van der Waals surface area contributed by atoms with Crippen molar-refractivity contribution in [1.82, 2.24) is 0 Å². The topological polar surface area (TPSA) is 53.0 Å². The van der Waals surface area contributed by atoms with Gasteiger partial charge >= 0.3 is 0 Å². The maximum Gasteiger partial charge on any atom is 0.146 e. The standard InChI is InChI=1S/C14H20FN3/c1-10(2)18(8-4-7-16)14-6-5-12(11(3)17)9-13(14)15/h5-6,9-11H,4,8,17H2,1-3H3. The molecule has 0 aliphatic heterocycles. The lowest BCUT2D eigenvalue weighted by Crippen LogP contribution is -2.32. The summed E-state index contributed by atoms with van der Waals surface area (Å²) in [6, 6.07) is 7.11. The van der Waals surface area contributed by atoms with E-state index in [9.17, 15) is 4.39 Å². The number of nitriles is 1. The number of hydrogen-bond donors (Lipinski definition) is 1. The molecule has 0 radical (unpaired) electrons. The summed E-state index contributed by atoms with van der Waals surface area (Å²) in [5.41, 5.74) is 7.04. The van der Waals surface area contributed by atoms with Crippen LogP contribution in [0.2, 0.25) is 0 Å². The van der Waals surface area contributed by atoms with Crippen LogP contribution in [0, 0.1) is 17.1 Å². The SMILES string of the molecule is CC(N)c1ccc(N(CCC#N)C(C)C)c(F)c1. The molecule has 98 valence electrons. The first-order valence-electron chi connectivity index (χ1n) is 6.16. The third-order valence-corrected chi connectivity index (χ3v) is 2.89. The molecule has 0 spiro atoms. The summed E-state index contributed by atoms with van der Waals surface area (Å²) in [5, 5.41) is 8.64. The summed E-state index contributed by atoms with van der Waals surface area (Å²) in [6.07, 6.45) is 0.382. The third-order valence-electron chi connectivity index (χ3n) is 2.89. The molecule has 0 heterocycles. The highest BCUT2D eigenvalue weighted by molar-refractivity contribution is 5.50. The van der Waals surface area contributed by atoms with Crippen LogP contribution >= 0.6 is 0 Å². The fourth-order valence-corrected chi connectivity index (χ4v) is 1.87. The maximum atomic E-state index is 14.1. The Morgan fingerprint density at radius 2 is 2.06 bits per heavy atom. The van der Waals surface area contributed by atoms with E-state index in [1.54, 1.807) is 6.07 Å². The molecular formula is C14H20FN3. The van der Waals surface area contributed by atoms with Crippen molar-refractivity contribution in [2.75, 3.05) is 11.4 Å². The van der Waals surface area contributed by atoms with Crippen molar-refractivity contribution < 1.29 is 4.39 Å². The van der Waals surface area contributed by atoms with Gasteiger partial charge in [-0.3, -0.25) is 0 Å². The molecule has 18 heavy (non-hydrogen) atoms. The van der Waals surface area contributed by atoms with E-state index in [2.05, 4.69) is 6.07 Å². The zero-order chi connectivity index (χ0) is 13.7. The molecule has 0 fully saturated rings. The van der Waals surface area contributed by atoms with Crippen LogP contribution in [0.3, 0.4) is 0 Å². The summed E-state index contributed by atoms with van der Waals surface area (Å²) >= 11 is 0. The minimum atomic E-state index is -0.281. The predicted octanol–water partition coefficient (Wildman–Crippen LogP) is 2.97. The zero-order valence-electron chi connectivity index (χ0n) is 11.2. The Morgan fingerprint density at radius 1 is 1.39 bits per heavy atom. The van der Waals surface area contributed by atoms with Gasteiger partial charge < -0.3 is 10.6 Å². The van der Waals surface area contributed by atoms with Gasteiger partial charge in [0.05, 0.1) is 18.2 Å². The van der Waals surface area contributed by atoms with Crippen LogP contribution < -0.4 is 10.6 Å².